The van der Waals surface area contributed by atoms with Gasteiger partial charge in [0.1, 0.15) is 29.6 Å². The number of aryl methyl sites for hydroxylation is 1. The van der Waals surface area contributed by atoms with Crippen LogP contribution >= 0.6 is 0 Å². The molecule has 8 nitrogen and oxygen atoms in total. The summed E-state index contributed by atoms with van der Waals surface area (Å²) in [5.41, 5.74) is 4.02. The molecule has 0 atom stereocenters. The Morgan fingerprint density at radius 1 is 0.971 bits per heavy atom. The molecule has 178 valence electrons. The van der Waals surface area contributed by atoms with Gasteiger partial charge < -0.3 is 4.74 Å². The van der Waals surface area contributed by atoms with Crippen LogP contribution < -0.4 is 4.74 Å². The maximum absolute atomic E-state index is 13.2. The molecular weight excluding hydrogens is 469 g/mol. The smallest absolute Gasteiger partial charge is 0.267 e. The molecule has 0 saturated heterocycles. The van der Waals surface area contributed by atoms with Crippen LogP contribution in [0.4, 0.5) is 10.1 Å². The van der Waals surface area contributed by atoms with Gasteiger partial charge in [-0.2, -0.15) is 5.10 Å². The number of amidine groups is 1. The van der Waals surface area contributed by atoms with Crippen molar-refractivity contribution >= 4 is 21.5 Å². The lowest BCUT2D eigenvalue weighted by molar-refractivity contribution is 0.353. The first-order chi connectivity index (χ1) is 17.0. The molecule has 0 radical (unpaired) electrons. The van der Waals surface area contributed by atoms with Crippen LogP contribution in [0.5, 0.6) is 5.75 Å². The summed E-state index contributed by atoms with van der Waals surface area (Å²) in [7, 11) is -2.04. The Morgan fingerprint density at radius 3 is 2.46 bits per heavy atom. The maximum atomic E-state index is 13.2. The summed E-state index contributed by atoms with van der Waals surface area (Å²) in [6, 6.07) is 17.6. The maximum Gasteiger partial charge on any atom is 0.267 e. The van der Waals surface area contributed by atoms with Crippen LogP contribution in [0.2, 0.25) is 0 Å². The number of sulfonamides is 1. The van der Waals surface area contributed by atoms with E-state index in [0.717, 1.165) is 26.7 Å². The number of hydrogen-bond acceptors (Lipinski definition) is 6. The molecule has 0 aliphatic carbocycles. The van der Waals surface area contributed by atoms with Gasteiger partial charge in [0.05, 0.1) is 12.2 Å². The van der Waals surface area contributed by atoms with E-state index in [2.05, 4.69) is 15.1 Å². The predicted molar refractivity (Wildman–Crippen MR) is 131 cm³/mol. The Balaban J connectivity index is 1.38. The van der Waals surface area contributed by atoms with E-state index < -0.39 is 16.7 Å². The van der Waals surface area contributed by atoms with E-state index in [9.17, 15) is 12.8 Å². The number of hydrogen-bond donors (Lipinski definition) is 0. The monoisotopic (exact) mass is 491 g/mol. The molecule has 0 amide bonds. The van der Waals surface area contributed by atoms with Gasteiger partial charge >= 0.3 is 0 Å². The van der Waals surface area contributed by atoms with Crippen molar-refractivity contribution in [1.82, 2.24) is 19.1 Å². The number of fused-ring (bicyclic) bond motifs is 1. The number of rotatable bonds is 7. The van der Waals surface area contributed by atoms with E-state index in [1.54, 1.807) is 47.4 Å². The van der Waals surface area contributed by atoms with Crippen molar-refractivity contribution in [3.63, 3.8) is 0 Å². The van der Waals surface area contributed by atoms with E-state index in [4.69, 9.17) is 4.74 Å². The molecule has 2 aromatic carbocycles. The van der Waals surface area contributed by atoms with E-state index in [0.29, 0.717) is 11.4 Å². The topological polar surface area (TPSA) is 89.7 Å². The SMILES string of the molecule is Cn1cc(-c2ccncc2)c(-c2ccc(OCC3=Nc4ccccc4S(=O)(=O)N3CCF)cc2)n1. The minimum absolute atomic E-state index is 0.0573. The number of benzene rings is 2. The molecule has 10 heteroatoms. The van der Waals surface area contributed by atoms with Crippen LogP contribution in [0.1, 0.15) is 0 Å². The highest BCUT2D eigenvalue weighted by atomic mass is 32.2. The molecule has 0 N–H and O–H groups in total. The molecule has 0 spiro atoms. The fourth-order valence-electron chi connectivity index (χ4n) is 3.95. The predicted octanol–water partition coefficient (Wildman–Crippen LogP) is 4.23. The Labute approximate surface area is 202 Å². The third kappa shape index (κ3) is 4.40. The molecule has 1 aliphatic rings. The van der Waals surface area contributed by atoms with Gasteiger partial charge in [-0.05, 0) is 54.1 Å². The second-order valence-electron chi connectivity index (χ2n) is 7.88. The highest BCUT2D eigenvalue weighted by molar-refractivity contribution is 7.90. The van der Waals surface area contributed by atoms with Gasteiger partial charge in [0.15, 0.2) is 5.84 Å². The van der Waals surface area contributed by atoms with Crippen LogP contribution in [0.15, 0.2) is 89.1 Å². The number of pyridine rings is 1. The third-order valence-electron chi connectivity index (χ3n) is 5.57. The van der Waals surface area contributed by atoms with Crippen molar-refractivity contribution in [2.24, 2.45) is 12.0 Å². The Bertz CT molecular complexity index is 1490. The summed E-state index contributed by atoms with van der Waals surface area (Å²) in [6.07, 6.45) is 5.43. The van der Waals surface area contributed by atoms with Crippen molar-refractivity contribution < 1.29 is 17.5 Å². The van der Waals surface area contributed by atoms with Crippen LogP contribution in [0.25, 0.3) is 22.4 Å². The Kier molecular flexibility index (Phi) is 6.04. The average molecular weight is 492 g/mol. The first-order valence-corrected chi connectivity index (χ1v) is 12.3. The summed E-state index contributed by atoms with van der Waals surface area (Å²) in [6.45, 7) is -1.28. The number of nitrogens with zero attached hydrogens (tertiary/aromatic N) is 5. The molecule has 5 rings (SSSR count). The summed E-state index contributed by atoms with van der Waals surface area (Å²) >= 11 is 0. The lowest BCUT2D eigenvalue weighted by Gasteiger charge is -2.28. The normalized spacial score (nSPS) is 14.3. The van der Waals surface area contributed by atoms with Crippen molar-refractivity contribution in [3.8, 4) is 28.1 Å². The molecule has 1 aliphatic heterocycles. The largest absolute Gasteiger partial charge is 0.486 e. The zero-order chi connectivity index (χ0) is 24.4. The van der Waals surface area contributed by atoms with Crippen molar-refractivity contribution in [2.45, 2.75) is 4.90 Å². The van der Waals surface area contributed by atoms with Crippen LogP contribution in [-0.4, -0.2) is 53.1 Å². The molecule has 0 fully saturated rings. The van der Waals surface area contributed by atoms with Gasteiger partial charge in [-0.3, -0.25) is 9.67 Å². The number of ether oxygens (including phenoxy) is 1. The molecule has 35 heavy (non-hydrogen) atoms. The standard InChI is InChI=1S/C25H22FN5O3S/c1-30-16-21(18-10-13-27-14-11-18)25(29-30)19-6-8-20(9-7-19)34-17-24-28-22-4-2-3-5-23(22)35(32,33)31(24)15-12-26/h2-11,13-14,16H,12,15,17H2,1H3. The second kappa shape index (κ2) is 9.30. The zero-order valence-electron chi connectivity index (χ0n) is 18.9. The van der Waals surface area contributed by atoms with Gasteiger partial charge in [-0.1, -0.05) is 12.1 Å². The van der Waals surface area contributed by atoms with E-state index >= 15 is 0 Å². The molecular formula is C25H22FN5O3S. The second-order valence-corrected chi connectivity index (χ2v) is 9.71. The first-order valence-electron chi connectivity index (χ1n) is 10.9. The van der Waals surface area contributed by atoms with Gasteiger partial charge in [0.25, 0.3) is 10.0 Å². The summed E-state index contributed by atoms with van der Waals surface area (Å²) in [5.74, 6) is 0.657. The molecule has 0 saturated carbocycles. The van der Waals surface area contributed by atoms with Gasteiger partial charge in [-0.25, -0.2) is 22.1 Å². The van der Waals surface area contributed by atoms with Gasteiger partial charge in [-0.15, -0.1) is 0 Å². The van der Waals surface area contributed by atoms with E-state index in [1.165, 1.54) is 6.07 Å². The Hall–Kier alpha value is -4.05. The quantitative estimate of drug-likeness (QED) is 0.386. The van der Waals surface area contributed by atoms with E-state index in [1.807, 2.05) is 37.5 Å². The fraction of sp³-hybridized carbons (Fsp3) is 0.160. The number of alkyl halides is 1. The molecule has 2 aromatic heterocycles. The lowest BCUT2D eigenvalue weighted by atomic mass is 10.0. The molecule has 4 aromatic rings. The zero-order valence-corrected chi connectivity index (χ0v) is 19.7. The highest BCUT2D eigenvalue weighted by Crippen LogP contribution is 2.33. The number of para-hydroxylation sites is 1. The average Bonchev–Trinajstić information content (AvgIpc) is 3.27. The Morgan fingerprint density at radius 2 is 1.71 bits per heavy atom. The third-order valence-corrected chi connectivity index (χ3v) is 7.45. The van der Waals surface area contributed by atoms with E-state index in [-0.39, 0.29) is 23.9 Å². The number of aromatic nitrogens is 3. The summed E-state index contributed by atoms with van der Waals surface area (Å²) < 4.78 is 47.7. The first kappa shape index (κ1) is 22.7. The highest BCUT2D eigenvalue weighted by Gasteiger charge is 2.33. The van der Waals surface area contributed by atoms with Gasteiger partial charge in [0, 0.05) is 36.8 Å². The van der Waals surface area contributed by atoms with Crippen LogP contribution in [0, 0.1) is 0 Å². The summed E-state index contributed by atoms with van der Waals surface area (Å²) in [5, 5.41) is 4.60. The lowest BCUT2D eigenvalue weighted by Crippen LogP contribution is -2.43. The number of halogens is 1. The van der Waals surface area contributed by atoms with Crippen molar-refractivity contribution in [2.75, 3.05) is 19.8 Å². The minimum Gasteiger partial charge on any atom is -0.486 e. The minimum atomic E-state index is -3.90. The molecule has 3 heterocycles. The van der Waals surface area contributed by atoms with Crippen molar-refractivity contribution in [1.29, 1.82) is 0 Å². The van der Waals surface area contributed by atoms with Crippen LogP contribution in [-0.2, 0) is 17.1 Å². The molecule has 0 unspecified atom stereocenters. The van der Waals surface area contributed by atoms with Crippen LogP contribution in [0.3, 0.4) is 0 Å². The fourth-order valence-corrected chi connectivity index (χ4v) is 5.50. The van der Waals surface area contributed by atoms with Gasteiger partial charge in [0.2, 0.25) is 0 Å². The number of aliphatic imine (C=N–C) groups is 1. The molecule has 0 bridgehead atoms. The van der Waals surface area contributed by atoms with Crippen molar-refractivity contribution in [3.05, 3.63) is 79.3 Å². The summed E-state index contributed by atoms with van der Waals surface area (Å²) in [4.78, 5) is 8.55.